The van der Waals surface area contributed by atoms with E-state index in [-0.39, 0.29) is 24.3 Å². The number of rotatable bonds is 6. The molecule has 0 fully saturated rings. The first-order valence-electron chi connectivity index (χ1n) is 7.52. The third-order valence-electron chi connectivity index (χ3n) is 3.38. The molecule has 0 bridgehead atoms. The minimum Gasteiger partial charge on any atom is -0.459 e. The molecule has 0 spiro atoms. The molecule has 134 valence electrons. The third kappa shape index (κ3) is 4.31. The van der Waals surface area contributed by atoms with Crippen molar-refractivity contribution in [3.05, 3.63) is 70.6 Å². The first kappa shape index (κ1) is 17.7. The number of carbonyl (C=O) groups is 2. The highest BCUT2D eigenvalue weighted by Gasteiger charge is 2.14. The number of aromatic nitrogens is 1. The van der Waals surface area contributed by atoms with Crippen LogP contribution in [0, 0.1) is 11.6 Å². The topological polar surface area (TPSA) is 84.2 Å². The molecule has 2 amide bonds. The van der Waals surface area contributed by atoms with Gasteiger partial charge in [-0.15, -0.1) is 11.3 Å². The zero-order valence-electron chi connectivity index (χ0n) is 13.3. The molecule has 1 aromatic carbocycles. The number of benzene rings is 1. The molecule has 2 heterocycles. The van der Waals surface area contributed by atoms with E-state index in [2.05, 4.69) is 15.6 Å². The maximum absolute atomic E-state index is 13.5. The molecule has 6 nitrogen and oxygen atoms in total. The molecule has 0 aliphatic rings. The minimum atomic E-state index is -0.720. The Bertz CT molecular complexity index is 905. The SMILES string of the molecule is O=C(Cc1csc(NC(=O)c2ccco2)n1)NCc1c(F)cccc1F. The van der Waals surface area contributed by atoms with Crippen LogP contribution in [0.3, 0.4) is 0 Å². The molecule has 26 heavy (non-hydrogen) atoms. The Morgan fingerprint density at radius 2 is 1.92 bits per heavy atom. The summed E-state index contributed by atoms with van der Waals surface area (Å²) >= 11 is 1.15. The predicted molar refractivity (Wildman–Crippen MR) is 90.7 cm³/mol. The highest BCUT2D eigenvalue weighted by Crippen LogP contribution is 2.17. The molecule has 0 saturated carbocycles. The van der Waals surface area contributed by atoms with Gasteiger partial charge in [-0.25, -0.2) is 13.8 Å². The van der Waals surface area contributed by atoms with Crippen LogP contribution < -0.4 is 10.6 Å². The fourth-order valence-electron chi connectivity index (χ4n) is 2.13. The number of hydrogen-bond donors (Lipinski definition) is 2. The lowest BCUT2D eigenvalue weighted by Gasteiger charge is -2.06. The largest absolute Gasteiger partial charge is 0.459 e. The quantitative estimate of drug-likeness (QED) is 0.691. The molecule has 0 aliphatic carbocycles. The van der Waals surface area contributed by atoms with Gasteiger partial charge in [-0.3, -0.25) is 14.9 Å². The van der Waals surface area contributed by atoms with Crippen molar-refractivity contribution >= 4 is 28.3 Å². The molecule has 2 N–H and O–H groups in total. The summed E-state index contributed by atoms with van der Waals surface area (Å²) in [4.78, 5) is 27.9. The standard InChI is InChI=1S/C17H13F2N3O3S/c18-12-3-1-4-13(19)11(12)8-20-15(23)7-10-9-26-17(21-10)22-16(24)14-5-2-6-25-14/h1-6,9H,7-8H2,(H,20,23)(H,21,22,24). The first-order chi connectivity index (χ1) is 12.5. The van der Waals surface area contributed by atoms with Crippen LogP contribution in [0.2, 0.25) is 0 Å². The Balaban J connectivity index is 1.54. The Morgan fingerprint density at radius 1 is 1.15 bits per heavy atom. The van der Waals surface area contributed by atoms with Crippen LogP contribution in [0.4, 0.5) is 13.9 Å². The van der Waals surface area contributed by atoms with E-state index in [0.29, 0.717) is 10.8 Å². The smallest absolute Gasteiger partial charge is 0.293 e. The molecule has 0 aliphatic heterocycles. The normalized spacial score (nSPS) is 10.5. The van der Waals surface area contributed by atoms with E-state index in [1.165, 1.54) is 18.4 Å². The number of anilines is 1. The number of amides is 2. The van der Waals surface area contributed by atoms with Gasteiger partial charge in [0.15, 0.2) is 10.9 Å². The number of nitrogens with zero attached hydrogens (tertiary/aromatic N) is 1. The summed E-state index contributed by atoms with van der Waals surface area (Å²) in [6.07, 6.45) is 1.30. The van der Waals surface area contributed by atoms with E-state index in [1.54, 1.807) is 11.4 Å². The lowest BCUT2D eigenvalue weighted by Crippen LogP contribution is -2.25. The summed E-state index contributed by atoms with van der Waals surface area (Å²) in [7, 11) is 0. The molecule has 2 aromatic heterocycles. The molecular weight excluding hydrogens is 364 g/mol. The van der Waals surface area contributed by atoms with E-state index in [9.17, 15) is 18.4 Å². The summed E-state index contributed by atoms with van der Waals surface area (Å²) in [6.45, 7) is -0.260. The monoisotopic (exact) mass is 377 g/mol. The first-order valence-corrected chi connectivity index (χ1v) is 8.39. The average Bonchev–Trinajstić information content (AvgIpc) is 3.26. The van der Waals surface area contributed by atoms with Gasteiger partial charge in [0.25, 0.3) is 5.91 Å². The van der Waals surface area contributed by atoms with Gasteiger partial charge in [-0.2, -0.15) is 0 Å². The van der Waals surface area contributed by atoms with Gasteiger partial charge in [0, 0.05) is 17.5 Å². The number of hydrogen-bond acceptors (Lipinski definition) is 5. The second-order valence-corrected chi connectivity index (χ2v) is 6.09. The van der Waals surface area contributed by atoms with Gasteiger partial charge < -0.3 is 9.73 Å². The summed E-state index contributed by atoms with van der Waals surface area (Å²) in [5, 5.41) is 6.93. The van der Waals surface area contributed by atoms with Crippen LogP contribution in [0.15, 0.2) is 46.4 Å². The zero-order valence-corrected chi connectivity index (χ0v) is 14.1. The maximum atomic E-state index is 13.5. The molecule has 0 unspecified atom stereocenters. The Hall–Kier alpha value is -3.07. The van der Waals surface area contributed by atoms with Crippen molar-refractivity contribution < 1.29 is 22.8 Å². The minimum absolute atomic E-state index is 0.0802. The third-order valence-corrected chi connectivity index (χ3v) is 4.19. The van der Waals surface area contributed by atoms with Crippen molar-refractivity contribution in [3.63, 3.8) is 0 Å². The van der Waals surface area contributed by atoms with Crippen molar-refractivity contribution in [2.75, 3.05) is 5.32 Å². The van der Waals surface area contributed by atoms with Gasteiger partial charge in [0.1, 0.15) is 11.6 Å². The summed E-state index contributed by atoms with van der Waals surface area (Å²) < 4.78 is 32.0. The van der Waals surface area contributed by atoms with E-state index in [4.69, 9.17) is 4.42 Å². The molecule has 0 atom stereocenters. The van der Waals surface area contributed by atoms with Crippen molar-refractivity contribution in [1.82, 2.24) is 10.3 Å². The Morgan fingerprint density at radius 3 is 2.62 bits per heavy atom. The molecule has 0 saturated heterocycles. The van der Waals surface area contributed by atoms with E-state index >= 15 is 0 Å². The number of halogens is 2. The molecule has 3 rings (SSSR count). The van der Waals surface area contributed by atoms with Crippen molar-refractivity contribution in [3.8, 4) is 0 Å². The van der Waals surface area contributed by atoms with Crippen molar-refractivity contribution in [1.29, 1.82) is 0 Å². The van der Waals surface area contributed by atoms with Gasteiger partial charge in [0.05, 0.1) is 18.4 Å². The van der Waals surface area contributed by atoms with E-state index in [1.807, 2.05) is 0 Å². The number of carbonyl (C=O) groups excluding carboxylic acids is 2. The van der Waals surface area contributed by atoms with Crippen LogP contribution in [0.1, 0.15) is 21.8 Å². The molecular formula is C17H13F2N3O3S. The molecule has 0 radical (unpaired) electrons. The van der Waals surface area contributed by atoms with Crippen LogP contribution in [-0.4, -0.2) is 16.8 Å². The Kier molecular flexibility index (Phi) is 5.37. The van der Waals surface area contributed by atoms with Crippen LogP contribution in [-0.2, 0) is 17.8 Å². The van der Waals surface area contributed by atoms with Crippen molar-refractivity contribution in [2.24, 2.45) is 0 Å². The number of thiazole rings is 1. The second kappa shape index (κ2) is 7.87. The van der Waals surface area contributed by atoms with E-state index in [0.717, 1.165) is 23.5 Å². The van der Waals surface area contributed by atoms with Crippen molar-refractivity contribution in [2.45, 2.75) is 13.0 Å². The second-order valence-electron chi connectivity index (χ2n) is 5.23. The lowest BCUT2D eigenvalue weighted by atomic mass is 10.2. The zero-order chi connectivity index (χ0) is 18.5. The highest BCUT2D eigenvalue weighted by molar-refractivity contribution is 7.14. The van der Waals surface area contributed by atoms with Gasteiger partial charge in [0.2, 0.25) is 5.91 Å². The van der Waals surface area contributed by atoms with Gasteiger partial charge in [-0.1, -0.05) is 6.07 Å². The van der Waals surface area contributed by atoms with Crippen LogP contribution in [0.5, 0.6) is 0 Å². The lowest BCUT2D eigenvalue weighted by molar-refractivity contribution is -0.120. The fraction of sp³-hybridized carbons (Fsp3) is 0.118. The van der Waals surface area contributed by atoms with Crippen LogP contribution in [0.25, 0.3) is 0 Å². The van der Waals surface area contributed by atoms with Gasteiger partial charge >= 0.3 is 0 Å². The summed E-state index contributed by atoms with van der Waals surface area (Å²) in [5.41, 5.74) is 0.224. The maximum Gasteiger partial charge on any atom is 0.293 e. The van der Waals surface area contributed by atoms with Crippen LogP contribution >= 0.6 is 11.3 Å². The molecule has 9 heteroatoms. The Labute approximate surface area is 150 Å². The predicted octanol–water partition coefficient (Wildman–Crippen LogP) is 3.13. The van der Waals surface area contributed by atoms with E-state index < -0.39 is 23.4 Å². The highest BCUT2D eigenvalue weighted by atomic mass is 32.1. The summed E-state index contributed by atoms with van der Waals surface area (Å²) in [6, 6.07) is 6.60. The number of furan rings is 1. The summed E-state index contributed by atoms with van der Waals surface area (Å²) in [5.74, 6) is -2.19. The fourth-order valence-corrected chi connectivity index (χ4v) is 2.83. The average molecular weight is 377 g/mol. The number of nitrogens with one attached hydrogen (secondary N) is 2. The molecule has 3 aromatic rings. The van der Waals surface area contributed by atoms with Gasteiger partial charge in [-0.05, 0) is 24.3 Å².